The Kier molecular flexibility index (Phi) is 2.17. The topological polar surface area (TPSA) is 55.1 Å². The number of nitrogens with zero attached hydrogens (tertiary/aromatic N) is 2. The van der Waals surface area contributed by atoms with Crippen molar-refractivity contribution < 1.29 is 9.90 Å². The maximum absolute atomic E-state index is 11.0. The zero-order valence-electron chi connectivity index (χ0n) is 7.46. The van der Waals surface area contributed by atoms with Crippen LogP contribution in [0.4, 0.5) is 0 Å². The number of hydrogen-bond acceptors (Lipinski definition) is 3. The van der Waals surface area contributed by atoms with E-state index in [9.17, 15) is 9.90 Å². The quantitative estimate of drug-likeness (QED) is 0.673. The molecule has 0 fully saturated rings. The van der Waals surface area contributed by atoms with E-state index in [0.29, 0.717) is 17.9 Å². The molecule has 1 rings (SSSR count). The third kappa shape index (κ3) is 1.20. The Balaban J connectivity index is 3.31. The average molecular weight is 168 g/mol. The molecule has 0 aliphatic carbocycles. The van der Waals surface area contributed by atoms with Crippen molar-refractivity contribution in [3.63, 3.8) is 0 Å². The average Bonchev–Trinajstić information content (AvgIpc) is 2.28. The smallest absolute Gasteiger partial charge is 0.181 e. The second-order valence-electron chi connectivity index (χ2n) is 2.65. The molecule has 4 heteroatoms. The van der Waals surface area contributed by atoms with Gasteiger partial charge in [-0.3, -0.25) is 9.48 Å². The van der Waals surface area contributed by atoms with Gasteiger partial charge in [-0.05, 0) is 13.8 Å². The highest BCUT2D eigenvalue weighted by molar-refractivity contribution is 5.95. The van der Waals surface area contributed by atoms with Crippen LogP contribution < -0.4 is 0 Å². The maximum Gasteiger partial charge on any atom is 0.181 e. The van der Waals surface area contributed by atoms with Gasteiger partial charge in [-0.2, -0.15) is 5.10 Å². The first kappa shape index (κ1) is 8.77. The normalized spacial score (nSPS) is 10.2. The van der Waals surface area contributed by atoms with Gasteiger partial charge in [0.15, 0.2) is 11.5 Å². The van der Waals surface area contributed by atoms with Gasteiger partial charge in [0.25, 0.3) is 0 Å². The fourth-order valence-corrected chi connectivity index (χ4v) is 1.15. The fraction of sp³-hybridized carbons (Fsp3) is 0.500. The lowest BCUT2D eigenvalue weighted by atomic mass is 10.2. The van der Waals surface area contributed by atoms with E-state index in [0.717, 1.165) is 0 Å². The van der Waals surface area contributed by atoms with Crippen LogP contribution in [0.25, 0.3) is 0 Å². The van der Waals surface area contributed by atoms with Crippen LogP contribution in [0, 0.1) is 6.92 Å². The number of carbonyl (C=O) groups is 1. The van der Waals surface area contributed by atoms with Crippen LogP contribution in [0.15, 0.2) is 0 Å². The monoisotopic (exact) mass is 168 g/mol. The molecule has 0 radical (unpaired) electrons. The van der Waals surface area contributed by atoms with Gasteiger partial charge in [0.2, 0.25) is 0 Å². The van der Waals surface area contributed by atoms with Gasteiger partial charge in [0, 0.05) is 13.5 Å². The number of carbonyl (C=O) groups excluding carboxylic acids is 1. The van der Waals surface area contributed by atoms with Crippen molar-refractivity contribution in [1.82, 2.24) is 9.78 Å². The van der Waals surface area contributed by atoms with Crippen LogP contribution >= 0.6 is 0 Å². The third-order valence-corrected chi connectivity index (χ3v) is 1.73. The zero-order chi connectivity index (χ0) is 9.30. The number of Topliss-reactive ketones (excluding diaryl/α,β-unsaturated/α-hetero) is 1. The van der Waals surface area contributed by atoms with E-state index in [1.807, 2.05) is 6.92 Å². The zero-order valence-corrected chi connectivity index (χ0v) is 7.46. The molecule has 0 saturated heterocycles. The molecule has 1 N–H and O–H groups in total. The summed E-state index contributed by atoms with van der Waals surface area (Å²) >= 11 is 0. The van der Waals surface area contributed by atoms with Crippen LogP contribution in [0.3, 0.4) is 0 Å². The van der Waals surface area contributed by atoms with E-state index < -0.39 is 0 Å². The van der Waals surface area contributed by atoms with Gasteiger partial charge in [-0.25, -0.2) is 0 Å². The van der Waals surface area contributed by atoms with Gasteiger partial charge < -0.3 is 5.11 Å². The molecule has 0 saturated carbocycles. The Morgan fingerprint density at radius 1 is 1.67 bits per heavy atom. The summed E-state index contributed by atoms with van der Waals surface area (Å²) < 4.78 is 1.51. The van der Waals surface area contributed by atoms with Gasteiger partial charge in [-0.1, -0.05) is 0 Å². The molecule has 66 valence electrons. The molecule has 4 nitrogen and oxygen atoms in total. The second-order valence-corrected chi connectivity index (χ2v) is 2.65. The summed E-state index contributed by atoms with van der Waals surface area (Å²) in [5.41, 5.74) is 0.803. The third-order valence-electron chi connectivity index (χ3n) is 1.73. The Labute approximate surface area is 70.8 Å². The number of hydrogen-bond donors (Lipinski definition) is 1. The van der Waals surface area contributed by atoms with Crippen LogP contribution in [-0.2, 0) is 6.54 Å². The summed E-state index contributed by atoms with van der Waals surface area (Å²) in [5.74, 6) is -0.153. The summed E-state index contributed by atoms with van der Waals surface area (Å²) in [6.07, 6.45) is 0. The minimum absolute atomic E-state index is 0.00403. The SMILES string of the molecule is CCn1nc(C)c(O)c1C(C)=O. The molecule has 1 heterocycles. The van der Waals surface area contributed by atoms with Gasteiger partial charge in [0.05, 0.1) is 0 Å². The second kappa shape index (κ2) is 2.97. The van der Waals surface area contributed by atoms with E-state index in [2.05, 4.69) is 5.10 Å². The van der Waals surface area contributed by atoms with E-state index >= 15 is 0 Å². The summed E-state index contributed by atoms with van der Waals surface area (Å²) in [4.78, 5) is 11.0. The van der Waals surface area contributed by atoms with Crippen LogP contribution in [-0.4, -0.2) is 20.7 Å². The summed E-state index contributed by atoms with van der Waals surface area (Å²) in [6.45, 7) is 5.56. The van der Waals surface area contributed by atoms with Crippen molar-refractivity contribution in [1.29, 1.82) is 0 Å². The lowest BCUT2D eigenvalue weighted by molar-refractivity contribution is 0.100. The minimum atomic E-state index is -0.157. The molecule has 1 aromatic heterocycles. The largest absolute Gasteiger partial charge is 0.504 e. The van der Waals surface area contributed by atoms with Crippen molar-refractivity contribution >= 4 is 5.78 Å². The van der Waals surface area contributed by atoms with Crippen LogP contribution in [0.2, 0.25) is 0 Å². The predicted octanol–water partition coefficient (Wildman–Crippen LogP) is 1.12. The molecule has 1 aromatic rings. The minimum Gasteiger partial charge on any atom is -0.504 e. The highest BCUT2D eigenvalue weighted by atomic mass is 16.3. The molecule has 0 amide bonds. The molecule has 0 spiro atoms. The molecule has 0 atom stereocenters. The highest BCUT2D eigenvalue weighted by Crippen LogP contribution is 2.21. The van der Waals surface area contributed by atoms with Crippen molar-refractivity contribution in [2.45, 2.75) is 27.3 Å². The Morgan fingerprint density at radius 3 is 2.58 bits per heavy atom. The molecule has 12 heavy (non-hydrogen) atoms. The molecule has 0 aliphatic heterocycles. The highest BCUT2D eigenvalue weighted by Gasteiger charge is 2.16. The van der Waals surface area contributed by atoms with Gasteiger partial charge >= 0.3 is 0 Å². The molecular weight excluding hydrogens is 156 g/mol. The number of ketones is 1. The fourth-order valence-electron chi connectivity index (χ4n) is 1.15. The van der Waals surface area contributed by atoms with Crippen molar-refractivity contribution in [3.8, 4) is 5.75 Å². The first-order valence-corrected chi connectivity index (χ1v) is 3.85. The maximum atomic E-state index is 11.0. The molecular formula is C8H12N2O2. The van der Waals surface area contributed by atoms with Gasteiger partial charge in [0.1, 0.15) is 11.4 Å². The van der Waals surface area contributed by atoms with Crippen molar-refractivity contribution in [3.05, 3.63) is 11.4 Å². The molecule has 0 aliphatic rings. The summed E-state index contributed by atoms with van der Waals surface area (Å²) in [5, 5.41) is 13.4. The van der Waals surface area contributed by atoms with Crippen LogP contribution in [0.5, 0.6) is 5.75 Å². The Morgan fingerprint density at radius 2 is 2.25 bits per heavy atom. The standard InChI is InChI=1S/C8H12N2O2/c1-4-10-7(6(3)11)8(12)5(2)9-10/h12H,4H2,1-3H3. The Hall–Kier alpha value is -1.32. The van der Waals surface area contributed by atoms with E-state index in [4.69, 9.17) is 0 Å². The number of aromatic hydroxyl groups is 1. The van der Waals surface area contributed by atoms with Crippen molar-refractivity contribution in [2.75, 3.05) is 0 Å². The first-order chi connectivity index (χ1) is 5.57. The van der Waals surface area contributed by atoms with E-state index in [1.54, 1.807) is 6.92 Å². The number of aromatic nitrogens is 2. The van der Waals surface area contributed by atoms with E-state index in [1.165, 1.54) is 11.6 Å². The molecule has 0 aromatic carbocycles. The Bertz CT molecular complexity index is 315. The van der Waals surface area contributed by atoms with Gasteiger partial charge in [-0.15, -0.1) is 0 Å². The number of aryl methyl sites for hydroxylation is 2. The summed E-state index contributed by atoms with van der Waals surface area (Å²) in [6, 6.07) is 0. The lowest BCUT2D eigenvalue weighted by Crippen LogP contribution is -2.06. The molecule has 0 bridgehead atoms. The molecule has 0 unspecified atom stereocenters. The van der Waals surface area contributed by atoms with Crippen molar-refractivity contribution in [2.24, 2.45) is 0 Å². The lowest BCUT2D eigenvalue weighted by Gasteiger charge is -1.99. The van der Waals surface area contributed by atoms with E-state index in [-0.39, 0.29) is 11.5 Å². The van der Waals surface area contributed by atoms with Crippen LogP contribution in [0.1, 0.15) is 30.0 Å². The first-order valence-electron chi connectivity index (χ1n) is 3.85. The summed E-state index contributed by atoms with van der Waals surface area (Å²) in [7, 11) is 0. The number of rotatable bonds is 2. The predicted molar refractivity (Wildman–Crippen MR) is 44.3 cm³/mol.